The Labute approximate surface area is 203 Å². The highest BCUT2D eigenvalue weighted by molar-refractivity contribution is 6.30. The van der Waals surface area contributed by atoms with Crippen molar-refractivity contribution in [3.8, 4) is 28.7 Å². The van der Waals surface area contributed by atoms with Crippen LogP contribution in [0.3, 0.4) is 0 Å². The average Bonchev–Trinajstić information content (AvgIpc) is 2.81. The molecule has 0 saturated heterocycles. The number of H-pyrrole nitrogens is 2. The predicted octanol–water partition coefficient (Wildman–Crippen LogP) is 3.98. The molecule has 0 amide bonds. The molecule has 0 aliphatic carbocycles. The second kappa shape index (κ2) is 9.59. The van der Waals surface area contributed by atoms with Crippen LogP contribution in [0.4, 0.5) is 17.6 Å². The molecular formula is C22H11ClF4N6O3. The highest BCUT2D eigenvalue weighted by Gasteiger charge is 2.39. The number of rotatable bonds is 5. The molecule has 3 heterocycles. The lowest BCUT2D eigenvalue weighted by Crippen LogP contribution is -2.22. The number of aromatic amines is 2. The van der Waals surface area contributed by atoms with Gasteiger partial charge in [-0.15, -0.1) is 0 Å². The fourth-order valence-electron chi connectivity index (χ4n) is 3.14. The van der Waals surface area contributed by atoms with Crippen molar-refractivity contribution in [3.63, 3.8) is 0 Å². The summed E-state index contributed by atoms with van der Waals surface area (Å²) in [5.74, 6) is -2.62. The van der Waals surface area contributed by atoms with E-state index in [4.69, 9.17) is 21.6 Å². The Kier molecular flexibility index (Phi) is 6.54. The van der Waals surface area contributed by atoms with Crippen molar-refractivity contribution >= 4 is 11.6 Å². The summed E-state index contributed by atoms with van der Waals surface area (Å²) in [7, 11) is 0. The number of halogens is 5. The van der Waals surface area contributed by atoms with Gasteiger partial charge in [-0.25, -0.2) is 15.1 Å². The van der Waals surface area contributed by atoms with Gasteiger partial charge in [-0.1, -0.05) is 11.6 Å². The van der Waals surface area contributed by atoms with Crippen molar-refractivity contribution < 1.29 is 22.3 Å². The number of benzene rings is 1. The molecule has 0 aliphatic heterocycles. The molecule has 36 heavy (non-hydrogen) atoms. The van der Waals surface area contributed by atoms with E-state index in [0.717, 1.165) is 24.4 Å². The summed E-state index contributed by atoms with van der Waals surface area (Å²) in [4.78, 5) is 33.9. The lowest BCUT2D eigenvalue weighted by atomic mass is 10.1. The fourth-order valence-corrected chi connectivity index (χ4v) is 3.37. The van der Waals surface area contributed by atoms with Crippen LogP contribution >= 0.6 is 11.6 Å². The monoisotopic (exact) mass is 518 g/mol. The van der Waals surface area contributed by atoms with Gasteiger partial charge in [0, 0.05) is 23.2 Å². The molecule has 0 aliphatic rings. The third-order valence-electron chi connectivity index (χ3n) is 4.66. The number of alkyl halides is 3. The van der Waals surface area contributed by atoms with Crippen LogP contribution in [-0.2, 0) is 12.6 Å². The van der Waals surface area contributed by atoms with Gasteiger partial charge in [-0.05, 0) is 36.4 Å². The van der Waals surface area contributed by atoms with Gasteiger partial charge in [0.1, 0.15) is 11.6 Å². The smallest absolute Gasteiger partial charge is 0.437 e. The summed E-state index contributed by atoms with van der Waals surface area (Å²) in [5, 5.41) is 15.0. The molecule has 0 atom stereocenters. The Hall–Kier alpha value is -4.57. The van der Waals surface area contributed by atoms with Gasteiger partial charge in [-0.2, -0.15) is 27.9 Å². The first kappa shape index (κ1) is 24.6. The number of nitrogens with zero attached hydrogens (tertiary/aromatic N) is 4. The summed E-state index contributed by atoms with van der Waals surface area (Å²) in [6, 6.07) is 8.84. The minimum atomic E-state index is -5.08. The van der Waals surface area contributed by atoms with Crippen LogP contribution in [0.15, 0.2) is 52.2 Å². The molecule has 182 valence electrons. The molecule has 0 radical (unpaired) electrons. The van der Waals surface area contributed by atoms with Crippen molar-refractivity contribution in [1.29, 1.82) is 5.26 Å². The summed E-state index contributed by atoms with van der Waals surface area (Å²) in [6.45, 7) is 0. The number of hydrogen-bond acceptors (Lipinski definition) is 7. The molecule has 0 spiro atoms. The van der Waals surface area contributed by atoms with Gasteiger partial charge in [0.05, 0.1) is 22.9 Å². The zero-order valence-electron chi connectivity index (χ0n) is 17.7. The van der Waals surface area contributed by atoms with Gasteiger partial charge in [0.25, 0.3) is 11.1 Å². The number of pyridine rings is 1. The Morgan fingerprint density at radius 2 is 1.89 bits per heavy atom. The average molecular weight is 519 g/mol. The molecule has 9 nitrogen and oxygen atoms in total. The second-order valence-corrected chi connectivity index (χ2v) is 7.66. The zero-order valence-corrected chi connectivity index (χ0v) is 18.4. The lowest BCUT2D eigenvalue weighted by molar-refractivity contribution is -0.142. The number of hydrogen-bond donors (Lipinski definition) is 2. The Bertz CT molecular complexity index is 1610. The number of nitriles is 1. The maximum absolute atomic E-state index is 13.8. The van der Waals surface area contributed by atoms with Crippen molar-refractivity contribution in [2.45, 2.75) is 12.6 Å². The predicted molar refractivity (Wildman–Crippen MR) is 117 cm³/mol. The van der Waals surface area contributed by atoms with Crippen molar-refractivity contribution in [2.24, 2.45) is 0 Å². The molecule has 0 unspecified atom stereocenters. The van der Waals surface area contributed by atoms with E-state index in [2.05, 4.69) is 25.1 Å². The SMILES string of the molecule is N#Cc1cc(Cl)cc(Oc2c(C(F)(F)F)nc(Cc3cc(-c4ccc(F)nc4)c(=O)[nH]n3)[nH]c2=O)c1. The molecular weight excluding hydrogens is 508 g/mol. The molecule has 0 bridgehead atoms. The summed E-state index contributed by atoms with van der Waals surface area (Å²) >= 11 is 5.85. The van der Waals surface area contributed by atoms with E-state index in [1.165, 1.54) is 18.2 Å². The quantitative estimate of drug-likeness (QED) is 0.301. The number of nitrogens with one attached hydrogen (secondary N) is 2. The molecule has 0 fully saturated rings. The van der Waals surface area contributed by atoms with E-state index in [1.54, 1.807) is 6.07 Å². The van der Waals surface area contributed by atoms with E-state index < -0.39 is 46.9 Å². The minimum Gasteiger partial charge on any atom is -0.449 e. The minimum absolute atomic E-state index is 0.00312. The molecule has 4 aromatic rings. The maximum atomic E-state index is 13.8. The molecule has 3 aromatic heterocycles. The number of ether oxygens (including phenoxy) is 1. The summed E-state index contributed by atoms with van der Waals surface area (Å²) in [5.41, 5.74) is -3.20. The van der Waals surface area contributed by atoms with Crippen LogP contribution in [0.5, 0.6) is 11.5 Å². The van der Waals surface area contributed by atoms with Crippen molar-refractivity contribution in [1.82, 2.24) is 25.1 Å². The first-order chi connectivity index (χ1) is 17.0. The third kappa shape index (κ3) is 5.39. The zero-order chi connectivity index (χ0) is 26.0. The van der Waals surface area contributed by atoms with Crippen LogP contribution in [0.2, 0.25) is 5.02 Å². The Morgan fingerprint density at radius 1 is 1.11 bits per heavy atom. The van der Waals surface area contributed by atoms with Crippen molar-refractivity contribution in [2.75, 3.05) is 0 Å². The third-order valence-corrected chi connectivity index (χ3v) is 4.88. The maximum Gasteiger partial charge on any atom is 0.437 e. The number of aromatic nitrogens is 5. The fraction of sp³-hybridized carbons (Fsp3) is 0.0909. The van der Waals surface area contributed by atoms with Gasteiger partial charge in [-0.3, -0.25) is 9.59 Å². The molecule has 4 rings (SSSR count). The molecule has 2 N–H and O–H groups in total. The van der Waals surface area contributed by atoms with E-state index >= 15 is 0 Å². The van der Waals surface area contributed by atoms with Crippen LogP contribution in [0.1, 0.15) is 22.8 Å². The highest BCUT2D eigenvalue weighted by atomic mass is 35.5. The molecule has 1 aromatic carbocycles. The standard InChI is InChI=1S/C22H11ClF4N6O3/c23-12-3-10(8-28)4-14(5-12)36-18-19(22(25,26)27)30-17(31-21(18)35)7-13-6-15(20(34)33-32-13)11-1-2-16(24)29-9-11/h1-6,9H,7H2,(H,33,34)(H,30,31,35). The van der Waals surface area contributed by atoms with Crippen molar-refractivity contribution in [3.05, 3.63) is 97.0 Å². The van der Waals surface area contributed by atoms with Crippen LogP contribution in [0.25, 0.3) is 11.1 Å². The van der Waals surface area contributed by atoms with E-state index in [1.807, 2.05) is 0 Å². The van der Waals surface area contributed by atoms with Crippen LogP contribution in [-0.4, -0.2) is 25.1 Å². The van der Waals surface area contributed by atoms with Crippen LogP contribution < -0.4 is 15.9 Å². The molecule has 14 heteroatoms. The second-order valence-electron chi connectivity index (χ2n) is 7.23. The van der Waals surface area contributed by atoms with E-state index in [9.17, 15) is 27.2 Å². The Morgan fingerprint density at radius 3 is 2.56 bits per heavy atom. The van der Waals surface area contributed by atoms with Gasteiger partial charge >= 0.3 is 6.18 Å². The van der Waals surface area contributed by atoms with Gasteiger partial charge in [0.15, 0.2) is 5.69 Å². The van der Waals surface area contributed by atoms with Crippen LogP contribution in [0, 0.1) is 17.3 Å². The first-order valence-electron chi connectivity index (χ1n) is 9.83. The lowest BCUT2D eigenvalue weighted by Gasteiger charge is -2.14. The van der Waals surface area contributed by atoms with E-state index in [0.29, 0.717) is 0 Å². The van der Waals surface area contributed by atoms with E-state index in [-0.39, 0.29) is 33.2 Å². The molecule has 0 saturated carbocycles. The largest absolute Gasteiger partial charge is 0.449 e. The Balaban J connectivity index is 1.72. The summed E-state index contributed by atoms with van der Waals surface area (Å²) < 4.78 is 59.5. The first-order valence-corrected chi connectivity index (χ1v) is 10.2. The van der Waals surface area contributed by atoms with Gasteiger partial charge < -0.3 is 9.72 Å². The summed E-state index contributed by atoms with van der Waals surface area (Å²) in [6.07, 6.45) is -4.39. The van der Waals surface area contributed by atoms with Gasteiger partial charge in [0.2, 0.25) is 11.7 Å². The normalized spacial score (nSPS) is 11.2. The topological polar surface area (TPSA) is 137 Å². The highest BCUT2D eigenvalue weighted by Crippen LogP contribution is 2.35.